The average molecular weight is 321 g/mol. The summed E-state index contributed by atoms with van der Waals surface area (Å²) in [6, 6.07) is 7.04. The lowest BCUT2D eigenvalue weighted by Gasteiger charge is -2.05. The Morgan fingerprint density at radius 2 is 2.14 bits per heavy atom. The van der Waals surface area contributed by atoms with Crippen LogP contribution in [0.15, 0.2) is 24.3 Å². The summed E-state index contributed by atoms with van der Waals surface area (Å²) in [5.74, 6) is 0.443. The molecular formula is C15H19N3O3S. The lowest BCUT2D eigenvalue weighted by molar-refractivity contribution is 0.102. The van der Waals surface area contributed by atoms with Gasteiger partial charge in [0.25, 0.3) is 5.91 Å². The molecule has 0 aliphatic rings. The van der Waals surface area contributed by atoms with Gasteiger partial charge in [-0.25, -0.2) is 0 Å². The van der Waals surface area contributed by atoms with E-state index in [0.29, 0.717) is 42.7 Å². The molecule has 0 saturated carbocycles. The third-order valence-corrected chi connectivity index (χ3v) is 3.66. The summed E-state index contributed by atoms with van der Waals surface area (Å²) in [6.07, 6.45) is 0.696. The SMILES string of the molecule is CCOCCc1nnc(NC(=O)c2cccc(OCC)c2)s1. The van der Waals surface area contributed by atoms with Crippen molar-refractivity contribution in [3.63, 3.8) is 0 Å². The summed E-state index contributed by atoms with van der Waals surface area (Å²) < 4.78 is 10.7. The van der Waals surface area contributed by atoms with E-state index in [1.165, 1.54) is 11.3 Å². The Hall–Kier alpha value is -1.99. The van der Waals surface area contributed by atoms with Crippen molar-refractivity contribution in [2.75, 3.05) is 25.1 Å². The highest BCUT2D eigenvalue weighted by molar-refractivity contribution is 7.15. The number of amides is 1. The van der Waals surface area contributed by atoms with Crippen LogP contribution in [0, 0.1) is 0 Å². The Morgan fingerprint density at radius 1 is 1.27 bits per heavy atom. The number of carbonyl (C=O) groups excluding carboxylic acids is 1. The second-order valence-corrected chi connectivity index (χ2v) is 5.42. The molecule has 0 aliphatic heterocycles. The highest BCUT2D eigenvalue weighted by Crippen LogP contribution is 2.18. The summed E-state index contributed by atoms with van der Waals surface area (Å²) in [6.45, 7) is 5.69. The van der Waals surface area contributed by atoms with Crippen LogP contribution in [0.5, 0.6) is 5.75 Å². The zero-order valence-electron chi connectivity index (χ0n) is 12.7. The molecule has 118 valence electrons. The molecule has 0 bridgehead atoms. The second kappa shape index (κ2) is 8.45. The molecule has 2 aromatic rings. The van der Waals surface area contributed by atoms with Gasteiger partial charge in [-0.15, -0.1) is 10.2 Å². The van der Waals surface area contributed by atoms with E-state index in [1.54, 1.807) is 18.2 Å². The van der Waals surface area contributed by atoms with Crippen molar-refractivity contribution in [2.45, 2.75) is 20.3 Å². The average Bonchev–Trinajstić information content (AvgIpc) is 2.95. The highest BCUT2D eigenvalue weighted by Gasteiger charge is 2.11. The first-order chi connectivity index (χ1) is 10.7. The first-order valence-corrected chi connectivity index (χ1v) is 7.99. The minimum absolute atomic E-state index is 0.228. The van der Waals surface area contributed by atoms with Gasteiger partial charge in [0.1, 0.15) is 10.8 Å². The fourth-order valence-electron chi connectivity index (χ4n) is 1.77. The molecule has 1 aromatic carbocycles. The molecule has 0 radical (unpaired) electrons. The van der Waals surface area contributed by atoms with E-state index in [1.807, 2.05) is 19.9 Å². The number of nitrogens with zero attached hydrogens (tertiary/aromatic N) is 2. The quantitative estimate of drug-likeness (QED) is 0.757. The number of nitrogens with one attached hydrogen (secondary N) is 1. The maximum absolute atomic E-state index is 12.2. The molecule has 0 saturated heterocycles. The van der Waals surface area contributed by atoms with Gasteiger partial charge in [-0.1, -0.05) is 17.4 Å². The third kappa shape index (κ3) is 4.78. The van der Waals surface area contributed by atoms with Crippen molar-refractivity contribution in [1.82, 2.24) is 10.2 Å². The first kappa shape index (κ1) is 16.4. The van der Waals surface area contributed by atoms with Gasteiger partial charge in [0, 0.05) is 18.6 Å². The molecule has 6 nitrogen and oxygen atoms in total. The maximum atomic E-state index is 12.2. The van der Waals surface area contributed by atoms with Crippen molar-refractivity contribution in [2.24, 2.45) is 0 Å². The van der Waals surface area contributed by atoms with Gasteiger partial charge in [0.15, 0.2) is 0 Å². The molecule has 1 heterocycles. The lowest BCUT2D eigenvalue weighted by Crippen LogP contribution is -2.11. The summed E-state index contributed by atoms with van der Waals surface area (Å²) in [7, 11) is 0. The van der Waals surface area contributed by atoms with Crippen molar-refractivity contribution >= 4 is 22.4 Å². The molecule has 1 amide bonds. The second-order valence-electron chi connectivity index (χ2n) is 4.36. The smallest absolute Gasteiger partial charge is 0.257 e. The van der Waals surface area contributed by atoms with E-state index in [2.05, 4.69) is 15.5 Å². The molecule has 0 spiro atoms. The van der Waals surface area contributed by atoms with E-state index in [9.17, 15) is 4.79 Å². The first-order valence-electron chi connectivity index (χ1n) is 7.17. The maximum Gasteiger partial charge on any atom is 0.257 e. The van der Waals surface area contributed by atoms with E-state index in [-0.39, 0.29) is 5.91 Å². The Bertz CT molecular complexity index is 616. The number of hydrogen-bond donors (Lipinski definition) is 1. The standard InChI is InChI=1S/C15H19N3O3S/c1-3-20-9-8-13-17-18-15(22-13)16-14(19)11-6-5-7-12(10-11)21-4-2/h5-7,10H,3-4,8-9H2,1-2H3,(H,16,18,19). The number of aromatic nitrogens is 2. The third-order valence-electron chi connectivity index (χ3n) is 2.76. The number of carbonyl (C=O) groups is 1. The van der Waals surface area contributed by atoms with E-state index >= 15 is 0 Å². The van der Waals surface area contributed by atoms with Crippen LogP contribution >= 0.6 is 11.3 Å². The van der Waals surface area contributed by atoms with Crippen molar-refractivity contribution in [3.05, 3.63) is 34.8 Å². The van der Waals surface area contributed by atoms with Crippen LogP contribution in [-0.4, -0.2) is 35.9 Å². The number of benzene rings is 1. The van der Waals surface area contributed by atoms with E-state index < -0.39 is 0 Å². The molecule has 1 aromatic heterocycles. The largest absolute Gasteiger partial charge is 0.494 e. The molecular weight excluding hydrogens is 302 g/mol. The predicted molar refractivity (Wildman–Crippen MR) is 85.7 cm³/mol. The molecule has 0 unspecified atom stereocenters. The minimum Gasteiger partial charge on any atom is -0.494 e. The predicted octanol–water partition coefficient (Wildman–Crippen LogP) is 2.77. The number of hydrogen-bond acceptors (Lipinski definition) is 6. The molecule has 2 rings (SSSR count). The minimum atomic E-state index is -0.228. The van der Waals surface area contributed by atoms with Gasteiger partial charge < -0.3 is 9.47 Å². The van der Waals surface area contributed by atoms with Crippen LogP contribution in [0.4, 0.5) is 5.13 Å². The summed E-state index contributed by atoms with van der Waals surface area (Å²) in [5, 5.41) is 12.1. The number of rotatable bonds is 8. The van der Waals surface area contributed by atoms with Crippen LogP contribution < -0.4 is 10.1 Å². The lowest BCUT2D eigenvalue weighted by atomic mass is 10.2. The van der Waals surface area contributed by atoms with Gasteiger partial charge in [-0.3, -0.25) is 10.1 Å². The normalized spacial score (nSPS) is 10.5. The van der Waals surface area contributed by atoms with Crippen molar-refractivity contribution in [3.8, 4) is 5.75 Å². The zero-order chi connectivity index (χ0) is 15.8. The van der Waals surface area contributed by atoms with Crippen LogP contribution in [0.1, 0.15) is 29.2 Å². The van der Waals surface area contributed by atoms with Crippen molar-refractivity contribution in [1.29, 1.82) is 0 Å². The summed E-state index contributed by atoms with van der Waals surface area (Å²) in [4.78, 5) is 12.2. The zero-order valence-corrected chi connectivity index (χ0v) is 13.5. The Labute approximate surface area is 133 Å². The van der Waals surface area contributed by atoms with E-state index in [4.69, 9.17) is 9.47 Å². The Morgan fingerprint density at radius 3 is 2.91 bits per heavy atom. The van der Waals surface area contributed by atoms with Crippen LogP contribution in [0.2, 0.25) is 0 Å². The molecule has 22 heavy (non-hydrogen) atoms. The molecule has 7 heteroatoms. The molecule has 0 aliphatic carbocycles. The van der Waals surface area contributed by atoms with Crippen LogP contribution in [0.3, 0.4) is 0 Å². The molecule has 0 fully saturated rings. The molecule has 0 atom stereocenters. The highest BCUT2D eigenvalue weighted by atomic mass is 32.1. The summed E-state index contributed by atoms with van der Waals surface area (Å²) >= 11 is 1.36. The fraction of sp³-hybridized carbons (Fsp3) is 0.400. The van der Waals surface area contributed by atoms with Gasteiger partial charge in [0.05, 0.1) is 13.2 Å². The monoisotopic (exact) mass is 321 g/mol. The van der Waals surface area contributed by atoms with Gasteiger partial charge in [-0.05, 0) is 32.0 Å². The van der Waals surface area contributed by atoms with Crippen molar-refractivity contribution < 1.29 is 14.3 Å². The number of anilines is 1. The van der Waals surface area contributed by atoms with Crippen LogP contribution in [0.25, 0.3) is 0 Å². The van der Waals surface area contributed by atoms with Gasteiger partial charge >= 0.3 is 0 Å². The molecule has 1 N–H and O–H groups in total. The fourth-order valence-corrected chi connectivity index (χ4v) is 2.49. The topological polar surface area (TPSA) is 73.3 Å². The summed E-state index contributed by atoms with van der Waals surface area (Å²) in [5.41, 5.74) is 0.525. The Kier molecular flexibility index (Phi) is 6.29. The Balaban J connectivity index is 1.95. The van der Waals surface area contributed by atoms with Gasteiger partial charge in [0.2, 0.25) is 5.13 Å². The number of ether oxygens (including phenoxy) is 2. The van der Waals surface area contributed by atoms with Gasteiger partial charge in [-0.2, -0.15) is 0 Å². The van der Waals surface area contributed by atoms with E-state index in [0.717, 1.165) is 5.01 Å². The van der Waals surface area contributed by atoms with Crippen LogP contribution in [-0.2, 0) is 11.2 Å².